The molecular weight excluding hydrogens is 228 g/mol. The van der Waals surface area contributed by atoms with Crippen LogP contribution in [-0.2, 0) is 6.42 Å². The Labute approximate surface area is 108 Å². The summed E-state index contributed by atoms with van der Waals surface area (Å²) in [5, 5.41) is 0. The maximum Gasteiger partial charge on any atom is 0.0604 e. The summed E-state index contributed by atoms with van der Waals surface area (Å²) in [5.41, 5.74) is 5.74. The molecule has 1 saturated heterocycles. The van der Waals surface area contributed by atoms with Gasteiger partial charge < -0.3 is 0 Å². The highest BCUT2D eigenvalue weighted by atomic mass is 32.2. The molecule has 2 rings (SSSR count). The Balaban J connectivity index is 2.27. The van der Waals surface area contributed by atoms with Crippen molar-refractivity contribution < 1.29 is 0 Å². The highest BCUT2D eigenvalue weighted by molar-refractivity contribution is 8.00. The van der Waals surface area contributed by atoms with Gasteiger partial charge in [0.05, 0.1) is 6.04 Å². The lowest BCUT2D eigenvalue weighted by molar-refractivity contribution is 0.420. The molecule has 0 bridgehead atoms. The zero-order chi connectivity index (χ0) is 12.3. The molecule has 1 aliphatic heterocycles. The number of hydrazine groups is 1. The summed E-state index contributed by atoms with van der Waals surface area (Å²) in [6.45, 7) is 4.52. The van der Waals surface area contributed by atoms with Gasteiger partial charge in [0.2, 0.25) is 0 Å². The Morgan fingerprint density at radius 3 is 2.94 bits per heavy atom. The van der Waals surface area contributed by atoms with Crippen LogP contribution in [0.4, 0.5) is 0 Å². The zero-order valence-electron chi connectivity index (χ0n) is 10.7. The van der Waals surface area contributed by atoms with E-state index in [1.165, 1.54) is 29.7 Å². The molecule has 1 heterocycles. The van der Waals surface area contributed by atoms with E-state index in [0.29, 0.717) is 0 Å². The molecule has 1 aliphatic rings. The van der Waals surface area contributed by atoms with Crippen LogP contribution in [0.5, 0.6) is 0 Å². The lowest BCUT2D eigenvalue weighted by Crippen LogP contribution is -2.41. The SMILES string of the molecule is CCc1cccc(C(NN)C2(C)CCCS2)c1. The normalized spacial score (nSPS) is 26.1. The maximum atomic E-state index is 5.80. The number of hydrogen-bond donors (Lipinski definition) is 2. The number of aryl methyl sites for hydroxylation is 1. The van der Waals surface area contributed by atoms with Crippen LogP contribution in [0.1, 0.15) is 43.9 Å². The first-order valence-electron chi connectivity index (χ1n) is 6.38. The van der Waals surface area contributed by atoms with Crippen LogP contribution in [0.15, 0.2) is 24.3 Å². The Morgan fingerprint density at radius 1 is 1.53 bits per heavy atom. The molecule has 0 aromatic heterocycles. The minimum absolute atomic E-state index is 0.237. The van der Waals surface area contributed by atoms with E-state index in [1.807, 2.05) is 11.8 Å². The largest absolute Gasteiger partial charge is 0.271 e. The fourth-order valence-corrected chi connectivity index (χ4v) is 4.06. The quantitative estimate of drug-likeness (QED) is 0.637. The van der Waals surface area contributed by atoms with Gasteiger partial charge in [-0.2, -0.15) is 11.8 Å². The average Bonchev–Trinajstić information content (AvgIpc) is 2.78. The minimum Gasteiger partial charge on any atom is -0.271 e. The van der Waals surface area contributed by atoms with Gasteiger partial charge in [-0.05, 0) is 43.1 Å². The van der Waals surface area contributed by atoms with Crippen LogP contribution >= 0.6 is 11.8 Å². The highest BCUT2D eigenvalue weighted by Crippen LogP contribution is 2.46. The van der Waals surface area contributed by atoms with Gasteiger partial charge in [-0.25, -0.2) is 0 Å². The number of hydrogen-bond acceptors (Lipinski definition) is 3. The highest BCUT2D eigenvalue weighted by Gasteiger charge is 2.38. The predicted octanol–water partition coefficient (Wildman–Crippen LogP) is 3.04. The molecule has 3 heteroatoms. The lowest BCUT2D eigenvalue weighted by atomic mass is 9.90. The Bertz CT molecular complexity index is 372. The average molecular weight is 250 g/mol. The summed E-state index contributed by atoms with van der Waals surface area (Å²) in [4.78, 5) is 0. The third-order valence-electron chi connectivity index (χ3n) is 3.72. The number of thioether (sulfide) groups is 1. The van der Waals surface area contributed by atoms with E-state index < -0.39 is 0 Å². The van der Waals surface area contributed by atoms with E-state index >= 15 is 0 Å². The van der Waals surface area contributed by atoms with Gasteiger partial charge >= 0.3 is 0 Å². The molecule has 1 aromatic rings. The van der Waals surface area contributed by atoms with Crippen LogP contribution in [-0.4, -0.2) is 10.5 Å². The Hall–Kier alpha value is -0.510. The molecule has 1 aromatic carbocycles. The van der Waals surface area contributed by atoms with Crippen molar-refractivity contribution in [1.29, 1.82) is 0 Å². The second-order valence-electron chi connectivity index (χ2n) is 4.96. The molecule has 17 heavy (non-hydrogen) atoms. The summed E-state index contributed by atoms with van der Waals surface area (Å²) in [7, 11) is 0. The molecule has 0 saturated carbocycles. The van der Waals surface area contributed by atoms with E-state index in [4.69, 9.17) is 5.84 Å². The van der Waals surface area contributed by atoms with Gasteiger partial charge in [-0.15, -0.1) is 0 Å². The standard InChI is InChI=1S/C14H22N2S/c1-3-11-6-4-7-12(10-11)13(16-15)14(2)8-5-9-17-14/h4,6-7,10,13,16H,3,5,8-9,15H2,1-2H3. The van der Waals surface area contributed by atoms with Crippen molar-refractivity contribution in [3.05, 3.63) is 35.4 Å². The van der Waals surface area contributed by atoms with E-state index in [0.717, 1.165) is 6.42 Å². The maximum absolute atomic E-state index is 5.80. The third kappa shape index (κ3) is 2.67. The molecule has 0 aliphatic carbocycles. The molecule has 3 N–H and O–H groups in total. The van der Waals surface area contributed by atoms with Crippen LogP contribution in [0.3, 0.4) is 0 Å². The van der Waals surface area contributed by atoms with Crippen LogP contribution in [0.25, 0.3) is 0 Å². The van der Waals surface area contributed by atoms with Gasteiger partial charge in [0, 0.05) is 4.75 Å². The van der Waals surface area contributed by atoms with Gasteiger partial charge in [0.15, 0.2) is 0 Å². The lowest BCUT2D eigenvalue weighted by Gasteiger charge is -2.33. The minimum atomic E-state index is 0.237. The van der Waals surface area contributed by atoms with Crippen LogP contribution in [0.2, 0.25) is 0 Å². The molecule has 2 nitrogen and oxygen atoms in total. The first-order valence-corrected chi connectivity index (χ1v) is 7.37. The van der Waals surface area contributed by atoms with Crippen molar-refractivity contribution in [2.24, 2.45) is 5.84 Å². The van der Waals surface area contributed by atoms with Crippen molar-refractivity contribution >= 4 is 11.8 Å². The van der Waals surface area contributed by atoms with Crippen molar-refractivity contribution in [2.75, 3.05) is 5.75 Å². The van der Waals surface area contributed by atoms with Crippen LogP contribution < -0.4 is 11.3 Å². The molecule has 2 atom stereocenters. The van der Waals surface area contributed by atoms with E-state index in [-0.39, 0.29) is 10.8 Å². The van der Waals surface area contributed by atoms with Crippen molar-refractivity contribution in [1.82, 2.24) is 5.43 Å². The summed E-state index contributed by atoms with van der Waals surface area (Å²) in [5.74, 6) is 7.05. The molecule has 0 radical (unpaired) electrons. The first kappa shape index (κ1) is 12.9. The molecule has 1 fully saturated rings. The fraction of sp³-hybridized carbons (Fsp3) is 0.571. The molecular formula is C14H22N2S. The molecule has 0 spiro atoms. The Morgan fingerprint density at radius 2 is 2.35 bits per heavy atom. The van der Waals surface area contributed by atoms with Gasteiger partial charge in [-0.3, -0.25) is 11.3 Å². The zero-order valence-corrected chi connectivity index (χ0v) is 11.5. The molecule has 2 unspecified atom stereocenters. The topological polar surface area (TPSA) is 38.0 Å². The third-order valence-corrected chi connectivity index (χ3v) is 5.31. The fourth-order valence-electron chi connectivity index (χ4n) is 2.65. The van der Waals surface area contributed by atoms with Crippen LogP contribution in [0, 0.1) is 0 Å². The smallest absolute Gasteiger partial charge is 0.0604 e. The van der Waals surface area contributed by atoms with Crippen molar-refractivity contribution in [3.8, 4) is 0 Å². The number of nitrogens with two attached hydrogens (primary N) is 1. The summed E-state index contributed by atoms with van der Waals surface area (Å²) >= 11 is 2.04. The summed E-state index contributed by atoms with van der Waals surface area (Å²) in [6.07, 6.45) is 3.62. The number of nitrogens with one attached hydrogen (secondary N) is 1. The predicted molar refractivity (Wildman–Crippen MR) is 76.0 cm³/mol. The number of rotatable bonds is 4. The second kappa shape index (κ2) is 5.42. The van der Waals surface area contributed by atoms with Crippen molar-refractivity contribution in [2.45, 2.75) is 43.9 Å². The summed E-state index contributed by atoms with van der Waals surface area (Å²) < 4.78 is 0.237. The molecule has 0 amide bonds. The Kier molecular flexibility index (Phi) is 4.13. The summed E-state index contributed by atoms with van der Waals surface area (Å²) in [6, 6.07) is 9.05. The van der Waals surface area contributed by atoms with Gasteiger partial charge in [0.1, 0.15) is 0 Å². The number of benzene rings is 1. The van der Waals surface area contributed by atoms with E-state index in [9.17, 15) is 0 Å². The van der Waals surface area contributed by atoms with Gasteiger partial charge in [0.25, 0.3) is 0 Å². The van der Waals surface area contributed by atoms with Gasteiger partial charge in [-0.1, -0.05) is 31.2 Å². The first-order chi connectivity index (χ1) is 8.19. The van der Waals surface area contributed by atoms with Crippen molar-refractivity contribution in [3.63, 3.8) is 0 Å². The van der Waals surface area contributed by atoms with E-state index in [1.54, 1.807) is 0 Å². The second-order valence-corrected chi connectivity index (χ2v) is 6.59. The molecule has 94 valence electrons. The van der Waals surface area contributed by atoms with E-state index in [2.05, 4.69) is 43.5 Å². The monoisotopic (exact) mass is 250 g/mol.